The highest BCUT2D eigenvalue weighted by Gasteiger charge is 2.31. The molecule has 3 nitrogen and oxygen atoms in total. The third kappa shape index (κ3) is 3.46. The van der Waals surface area contributed by atoms with Gasteiger partial charge in [0, 0.05) is 31.6 Å². The molecule has 0 radical (unpaired) electrons. The Balaban J connectivity index is 1.55. The second-order valence-corrected chi connectivity index (χ2v) is 7.66. The third-order valence-electron chi connectivity index (χ3n) is 4.96. The van der Waals surface area contributed by atoms with Gasteiger partial charge in [-0.25, -0.2) is 0 Å². The van der Waals surface area contributed by atoms with E-state index >= 15 is 0 Å². The van der Waals surface area contributed by atoms with Gasteiger partial charge in [-0.1, -0.05) is 31.5 Å². The minimum atomic E-state index is 0.358. The molecule has 19 heavy (non-hydrogen) atoms. The zero-order valence-corrected chi connectivity index (χ0v) is 12.8. The van der Waals surface area contributed by atoms with E-state index in [1.165, 1.54) is 36.6 Å². The van der Waals surface area contributed by atoms with E-state index in [-0.39, 0.29) is 0 Å². The van der Waals surface area contributed by atoms with Gasteiger partial charge in [-0.15, -0.1) is 0 Å². The molecular weight excluding hydrogens is 256 g/mol. The van der Waals surface area contributed by atoms with Gasteiger partial charge in [0.25, 0.3) is 0 Å². The number of hydrogen-bond donors (Lipinski definition) is 1. The average Bonchev–Trinajstić information content (AvgIpc) is 2.46. The number of hydrogen-bond acceptors (Lipinski definition) is 3. The van der Waals surface area contributed by atoms with Crippen LogP contribution in [0.1, 0.15) is 45.4 Å². The molecule has 2 aliphatic heterocycles. The van der Waals surface area contributed by atoms with Crippen molar-refractivity contribution in [3.8, 4) is 0 Å². The van der Waals surface area contributed by atoms with E-state index in [0.29, 0.717) is 11.5 Å². The van der Waals surface area contributed by atoms with Crippen LogP contribution in [0, 0.1) is 11.3 Å². The summed E-state index contributed by atoms with van der Waals surface area (Å²) >= 11 is 1.94. The van der Waals surface area contributed by atoms with Crippen molar-refractivity contribution in [1.82, 2.24) is 5.32 Å². The summed E-state index contributed by atoms with van der Waals surface area (Å²) in [5.41, 5.74) is 0.358. The minimum absolute atomic E-state index is 0.358. The summed E-state index contributed by atoms with van der Waals surface area (Å²) in [4.78, 5) is 4.88. The van der Waals surface area contributed by atoms with Crippen LogP contribution >= 0.6 is 11.8 Å². The lowest BCUT2D eigenvalue weighted by Gasteiger charge is -2.37. The standard InChI is InChI=1S/C15H26N2OS/c1-15(6-8-18-9-7-15)11-16-14-17-13-5-3-2-4-12(13)10-19-14/h12-13H,2-11H2,1H3,(H,16,17). The van der Waals surface area contributed by atoms with Crippen LogP contribution < -0.4 is 5.32 Å². The predicted octanol–water partition coefficient (Wildman–Crippen LogP) is 3.05. The van der Waals surface area contributed by atoms with Crippen molar-refractivity contribution in [2.75, 3.05) is 25.5 Å². The highest BCUT2D eigenvalue weighted by Crippen LogP contribution is 2.33. The van der Waals surface area contributed by atoms with Gasteiger partial charge < -0.3 is 10.1 Å². The van der Waals surface area contributed by atoms with Crippen molar-refractivity contribution in [1.29, 1.82) is 0 Å². The van der Waals surface area contributed by atoms with Gasteiger partial charge >= 0.3 is 0 Å². The number of rotatable bonds is 2. The summed E-state index contributed by atoms with van der Waals surface area (Å²) in [6.45, 7) is 5.14. The summed E-state index contributed by atoms with van der Waals surface area (Å²) in [6.07, 6.45) is 7.87. The summed E-state index contributed by atoms with van der Waals surface area (Å²) in [6, 6.07) is 0.705. The molecule has 1 aliphatic carbocycles. The fourth-order valence-corrected chi connectivity index (χ4v) is 4.52. The quantitative estimate of drug-likeness (QED) is 0.845. The van der Waals surface area contributed by atoms with Crippen LogP contribution in [0.4, 0.5) is 0 Å². The first-order chi connectivity index (χ1) is 9.25. The van der Waals surface area contributed by atoms with Gasteiger partial charge in [-0.2, -0.15) is 0 Å². The zero-order chi connectivity index (χ0) is 13.1. The first kappa shape index (κ1) is 13.7. The summed E-state index contributed by atoms with van der Waals surface area (Å²) in [5, 5.41) is 4.90. The first-order valence-corrected chi connectivity index (χ1v) is 8.75. The lowest BCUT2D eigenvalue weighted by Crippen LogP contribution is -2.46. The summed E-state index contributed by atoms with van der Waals surface area (Å²) < 4.78 is 5.46. The lowest BCUT2D eigenvalue weighted by atomic mass is 9.82. The van der Waals surface area contributed by atoms with Crippen molar-refractivity contribution in [2.24, 2.45) is 16.3 Å². The predicted molar refractivity (Wildman–Crippen MR) is 81.8 cm³/mol. The average molecular weight is 282 g/mol. The molecule has 0 aromatic rings. The molecular formula is C15H26N2OS. The molecule has 1 saturated carbocycles. The Morgan fingerprint density at radius 2 is 2.11 bits per heavy atom. The van der Waals surface area contributed by atoms with Crippen LogP contribution in [0.15, 0.2) is 4.99 Å². The maximum absolute atomic E-state index is 5.46. The molecule has 0 spiro atoms. The molecule has 2 heterocycles. The second kappa shape index (κ2) is 6.04. The van der Waals surface area contributed by atoms with Gasteiger partial charge in [0.05, 0.1) is 0 Å². The SMILES string of the molecule is CC1(CN=C2NC3CCCCC3CS2)CCOCC1. The van der Waals surface area contributed by atoms with E-state index in [2.05, 4.69) is 12.2 Å². The Bertz CT molecular complexity index is 339. The van der Waals surface area contributed by atoms with Crippen molar-refractivity contribution in [2.45, 2.75) is 51.5 Å². The molecule has 0 bridgehead atoms. The number of thioether (sulfide) groups is 1. The van der Waals surface area contributed by atoms with E-state index in [9.17, 15) is 0 Å². The van der Waals surface area contributed by atoms with E-state index in [4.69, 9.17) is 9.73 Å². The summed E-state index contributed by atoms with van der Waals surface area (Å²) in [7, 11) is 0. The zero-order valence-electron chi connectivity index (χ0n) is 12.0. The van der Waals surface area contributed by atoms with Gasteiger partial charge in [0.1, 0.15) is 0 Å². The normalized spacial score (nSPS) is 36.6. The topological polar surface area (TPSA) is 33.6 Å². The molecule has 1 N–H and O–H groups in total. The first-order valence-electron chi connectivity index (χ1n) is 7.77. The number of aliphatic imine (C=N–C) groups is 1. The van der Waals surface area contributed by atoms with Crippen LogP contribution in [0.25, 0.3) is 0 Å². The Labute approximate surface area is 121 Å². The Hall–Kier alpha value is -0.220. The molecule has 3 aliphatic rings. The van der Waals surface area contributed by atoms with Crippen LogP contribution in [0.3, 0.4) is 0 Å². The number of nitrogens with zero attached hydrogens (tertiary/aromatic N) is 1. The van der Waals surface area contributed by atoms with E-state index in [1.807, 2.05) is 11.8 Å². The van der Waals surface area contributed by atoms with Gasteiger partial charge in [-0.3, -0.25) is 4.99 Å². The van der Waals surface area contributed by atoms with Crippen molar-refractivity contribution in [3.05, 3.63) is 0 Å². The number of fused-ring (bicyclic) bond motifs is 1. The van der Waals surface area contributed by atoms with Gasteiger partial charge in [-0.05, 0) is 37.0 Å². The molecule has 0 aromatic heterocycles. The van der Waals surface area contributed by atoms with Crippen LogP contribution in [-0.4, -0.2) is 36.7 Å². The van der Waals surface area contributed by atoms with Crippen molar-refractivity contribution >= 4 is 16.9 Å². The molecule has 108 valence electrons. The molecule has 0 amide bonds. The van der Waals surface area contributed by atoms with Crippen LogP contribution in [0.2, 0.25) is 0 Å². The minimum Gasteiger partial charge on any atom is -0.381 e. The number of nitrogens with one attached hydrogen (secondary N) is 1. The van der Waals surface area contributed by atoms with Crippen LogP contribution in [-0.2, 0) is 4.74 Å². The third-order valence-corrected chi connectivity index (χ3v) is 6.07. The van der Waals surface area contributed by atoms with E-state index in [0.717, 1.165) is 38.5 Å². The molecule has 2 saturated heterocycles. The Kier molecular flexibility index (Phi) is 4.37. The highest BCUT2D eigenvalue weighted by molar-refractivity contribution is 8.13. The van der Waals surface area contributed by atoms with Gasteiger partial charge in [0.15, 0.2) is 5.17 Å². The van der Waals surface area contributed by atoms with Gasteiger partial charge in [0.2, 0.25) is 0 Å². The maximum Gasteiger partial charge on any atom is 0.156 e. The molecule has 4 heteroatoms. The highest BCUT2D eigenvalue weighted by atomic mass is 32.2. The smallest absolute Gasteiger partial charge is 0.156 e. The maximum atomic E-state index is 5.46. The Morgan fingerprint density at radius 1 is 1.32 bits per heavy atom. The molecule has 2 atom stereocenters. The van der Waals surface area contributed by atoms with Crippen molar-refractivity contribution in [3.63, 3.8) is 0 Å². The lowest BCUT2D eigenvalue weighted by molar-refractivity contribution is 0.0283. The molecule has 3 fully saturated rings. The van der Waals surface area contributed by atoms with E-state index < -0.39 is 0 Å². The Morgan fingerprint density at radius 3 is 2.95 bits per heavy atom. The number of amidine groups is 1. The molecule has 2 unspecified atom stereocenters. The van der Waals surface area contributed by atoms with E-state index in [1.54, 1.807) is 0 Å². The monoisotopic (exact) mass is 282 g/mol. The molecule has 0 aromatic carbocycles. The fraction of sp³-hybridized carbons (Fsp3) is 0.933. The van der Waals surface area contributed by atoms with Crippen LogP contribution in [0.5, 0.6) is 0 Å². The fourth-order valence-electron chi connectivity index (χ4n) is 3.36. The number of ether oxygens (including phenoxy) is 1. The largest absolute Gasteiger partial charge is 0.381 e. The molecule has 3 rings (SSSR count). The second-order valence-electron chi connectivity index (χ2n) is 6.65. The van der Waals surface area contributed by atoms with Crippen molar-refractivity contribution < 1.29 is 4.74 Å². The summed E-state index contributed by atoms with van der Waals surface area (Å²) in [5.74, 6) is 2.16.